The Morgan fingerprint density at radius 3 is 2.86 bits per heavy atom. The van der Waals surface area contributed by atoms with Crippen molar-refractivity contribution >= 4 is 34.2 Å². The molecule has 0 bridgehead atoms. The summed E-state index contributed by atoms with van der Waals surface area (Å²) in [6, 6.07) is 15.3. The molecule has 0 amide bonds. The Kier molecular flexibility index (Phi) is 3.09. The minimum Gasteiger partial charge on any atom is -0.325 e. The minimum absolute atomic E-state index is 0.166. The topological polar surface area (TPSA) is 34.9 Å². The zero-order chi connectivity index (χ0) is 15.1. The molecule has 0 N–H and O–H groups in total. The van der Waals surface area contributed by atoms with Crippen LogP contribution in [0.1, 0.15) is 17.8 Å². The summed E-state index contributed by atoms with van der Waals surface area (Å²) in [4.78, 5) is 16.5. The van der Waals surface area contributed by atoms with E-state index in [1.807, 2.05) is 48.5 Å². The molecule has 0 atom stereocenters. The van der Waals surface area contributed by atoms with Crippen molar-refractivity contribution in [2.24, 2.45) is 0 Å². The summed E-state index contributed by atoms with van der Waals surface area (Å²) >= 11 is 6.03. The summed E-state index contributed by atoms with van der Waals surface area (Å²) < 4.78 is 2.12. The molecule has 0 spiro atoms. The van der Waals surface area contributed by atoms with Crippen LogP contribution in [-0.2, 0) is 6.54 Å². The monoisotopic (exact) mass is 308 g/mol. The lowest BCUT2D eigenvalue weighted by Crippen LogP contribution is -2.14. The highest BCUT2D eigenvalue weighted by Crippen LogP contribution is 2.29. The Labute approximate surface area is 132 Å². The molecule has 1 aromatic heterocycles. The molecule has 0 unspecified atom stereocenters. The number of hydrogen-bond acceptors (Lipinski definition) is 2. The molecule has 4 heteroatoms. The quantitative estimate of drug-likeness (QED) is 0.681. The lowest BCUT2D eigenvalue weighted by Gasteiger charge is -2.07. The normalized spacial score (nSPS) is 15.4. The largest absolute Gasteiger partial charge is 0.325 e. The van der Waals surface area contributed by atoms with Crippen LogP contribution in [0.4, 0.5) is 0 Å². The van der Waals surface area contributed by atoms with Gasteiger partial charge in [-0.05, 0) is 47.9 Å². The molecule has 4 rings (SSSR count). The lowest BCUT2D eigenvalue weighted by atomic mass is 10.1. The van der Waals surface area contributed by atoms with Crippen LogP contribution in [0.2, 0.25) is 5.02 Å². The van der Waals surface area contributed by atoms with Gasteiger partial charge in [0.1, 0.15) is 5.82 Å². The van der Waals surface area contributed by atoms with Gasteiger partial charge in [-0.2, -0.15) is 4.98 Å². The Hall–Kier alpha value is -2.39. The van der Waals surface area contributed by atoms with Crippen molar-refractivity contribution in [1.29, 1.82) is 0 Å². The van der Waals surface area contributed by atoms with Crippen LogP contribution in [0.3, 0.4) is 0 Å². The molecule has 1 aliphatic rings. The smallest absolute Gasteiger partial charge is 0.281 e. The molecular formula is C18H13ClN2O. The van der Waals surface area contributed by atoms with Gasteiger partial charge in [-0.3, -0.25) is 4.79 Å². The maximum atomic E-state index is 12.2. The van der Waals surface area contributed by atoms with Crippen molar-refractivity contribution in [3.05, 3.63) is 75.3 Å². The van der Waals surface area contributed by atoms with Crippen LogP contribution < -0.4 is 5.56 Å². The van der Waals surface area contributed by atoms with Gasteiger partial charge in [-0.1, -0.05) is 35.9 Å². The summed E-state index contributed by atoms with van der Waals surface area (Å²) in [5, 5.41) is 1.38. The molecule has 2 aromatic carbocycles. The van der Waals surface area contributed by atoms with Crippen LogP contribution in [0.25, 0.3) is 22.6 Å². The molecule has 0 aliphatic carbocycles. The van der Waals surface area contributed by atoms with Crippen LogP contribution in [-0.4, -0.2) is 9.55 Å². The van der Waals surface area contributed by atoms with Gasteiger partial charge >= 0.3 is 0 Å². The van der Waals surface area contributed by atoms with Gasteiger partial charge in [0, 0.05) is 11.6 Å². The van der Waals surface area contributed by atoms with E-state index in [-0.39, 0.29) is 5.56 Å². The third kappa shape index (κ3) is 2.14. The minimum atomic E-state index is -0.166. The Morgan fingerprint density at radius 2 is 2.00 bits per heavy atom. The van der Waals surface area contributed by atoms with Crippen molar-refractivity contribution in [3.8, 4) is 0 Å². The fourth-order valence-electron chi connectivity index (χ4n) is 2.97. The standard InChI is InChI=1S/C18H13ClN2O/c19-14-5-3-4-12(11-14)10-13-8-9-21-16-7-2-1-6-15(16)18(22)20-17(13)21/h1-7,10-11H,8-9H2. The highest BCUT2D eigenvalue weighted by Gasteiger charge is 2.20. The first-order chi connectivity index (χ1) is 10.7. The zero-order valence-electron chi connectivity index (χ0n) is 11.8. The molecule has 108 valence electrons. The molecule has 3 nitrogen and oxygen atoms in total. The van der Waals surface area contributed by atoms with Gasteiger partial charge in [0.25, 0.3) is 5.56 Å². The van der Waals surface area contributed by atoms with E-state index in [0.717, 1.165) is 35.4 Å². The van der Waals surface area contributed by atoms with Gasteiger partial charge in [0.15, 0.2) is 0 Å². The predicted molar refractivity (Wildman–Crippen MR) is 89.9 cm³/mol. The summed E-state index contributed by atoms with van der Waals surface area (Å²) in [6.45, 7) is 0.843. The third-order valence-corrected chi connectivity index (χ3v) is 4.20. The average molecular weight is 309 g/mol. The van der Waals surface area contributed by atoms with E-state index < -0.39 is 0 Å². The van der Waals surface area contributed by atoms with E-state index >= 15 is 0 Å². The van der Waals surface area contributed by atoms with Crippen LogP contribution in [0, 0.1) is 0 Å². The first-order valence-electron chi connectivity index (χ1n) is 7.18. The number of nitrogens with zero attached hydrogens (tertiary/aromatic N) is 2. The van der Waals surface area contributed by atoms with E-state index in [1.165, 1.54) is 0 Å². The number of fused-ring (bicyclic) bond motifs is 3. The van der Waals surface area contributed by atoms with Crippen LogP contribution in [0.15, 0.2) is 53.3 Å². The van der Waals surface area contributed by atoms with Crippen molar-refractivity contribution in [2.75, 3.05) is 0 Å². The van der Waals surface area contributed by atoms with Gasteiger partial charge < -0.3 is 4.57 Å². The molecule has 22 heavy (non-hydrogen) atoms. The van der Waals surface area contributed by atoms with Gasteiger partial charge in [0.2, 0.25) is 0 Å². The van der Waals surface area contributed by atoms with Crippen molar-refractivity contribution in [2.45, 2.75) is 13.0 Å². The summed E-state index contributed by atoms with van der Waals surface area (Å²) in [7, 11) is 0. The second-order valence-corrected chi connectivity index (χ2v) is 5.82. The summed E-state index contributed by atoms with van der Waals surface area (Å²) in [5.41, 5.74) is 2.89. The zero-order valence-corrected chi connectivity index (χ0v) is 12.5. The number of aryl methyl sites for hydroxylation is 1. The van der Waals surface area contributed by atoms with Gasteiger partial charge in [-0.15, -0.1) is 0 Å². The maximum absolute atomic E-state index is 12.2. The molecule has 0 fully saturated rings. The summed E-state index contributed by atoms with van der Waals surface area (Å²) in [5.74, 6) is 0.767. The number of allylic oxidation sites excluding steroid dienone is 1. The molecule has 0 saturated heterocycles. The highest BCUT2D eigenvalue weighted by atomic mass is 35.5. The molecule has 3 aromatic rings. The highest BCUT2D eigenvalue weighted by molar-refractivity contribution is 6.30. The second kappa shape index (κ2) is 5.11. The molecule has 0 saturated carbocycles. The van der Waals surface area contributed by atoms with E-state index in [0.29, 0.717) is 10.4 Å². The van der Waals surface area contributed by atoms with Gasteiger partial charge in [0.05, 0.1) is 10.9 Å². The van der Waals surface area contributed by atoms with Gasteiger partial charge in [-0.25, -0.2) is 0 Å². The fraction of sp³-hybridized carbons (Fsp3) is 0.111. The molecular weight excluding hydrogens is 296 g/mol. The molecule has 0 radical (unpaired) electrons. The second-order valence-electron chi connectivity index (χ2n) is 5.38. The number of para-hydroxylation sites is 1. The molecule has 1 aliphatic heterocycles. The first kappa shape index (κ1) is 13.3. The summed E-state index contributed by atoms with van der Waals surface area (Å²) in [6.07, 6.45) is 2.93. The Morgan fingerprint density at radius 1 is 1.14 bits per heavy atom. The van der Waals surface area contributed by atoms with E-state index in [9.17, 15) is 4.79 Å². The van der Waals surface area contributed by atoms with E-state index in [4.69, 9.17) is 11.6 Å². The van der Waals surface area contributed by atoms with Crippen LogP contribution >= 0.6 is 11.6 Å². The lowest BCUT2D eigenvalue weighted by molar-refractivity contribution is 0.772. The number of hydrogen-bond donors (Lipinski definition) is 0. The average Bonchev–Trinajstić information content (AvgIpc) is 2.91. The first-order valence-corrected chi connectivity index (χ1v) is 7.56. The third-order valence-electron chi connectivity index (χ3n) is 3.97. The number of aromatic nitrogens is 2. The predicted octanol–water partition coefficient (Wildman–Crippen LogP) is 3.99. The number of benzene rings is 2. The van der Waals surface area contributed by atoms with Crippen molar-refractivity contribution in [3.63, 3.8) is 0 Å². The SMILES string of the molecule is O=c1nc2n(c3ccccc13)CCC2=Cc1cccc(Cl)c1. The van der Waals surface area contributed by atoms with E-state index in [1.54, 1.807) is 0 Å². The fourth-order valence-corrected chi connectivity index (χ4v) is 3.17. The van der Waals surface area contributed by atoms with Crippen LogP contribution in [0.5, 0.6) is 0 Å². The number of rotatable bonds is 1. The number of halogens is 1. The Bertz CT molecular complexity index is 972. The van der Waals surface area contributed by atoms with Crippen molar-refractivity contribution in [1.82, 2.24) is 9.55 Å². The van der Waals surface area contributed by atoms with E-state index in [2.05, 4.69) is 15.6 Å². The molecule has 2 heterocycles. The Balaban J connectivity index is 1.91. The maximum Gasteiger partial charge on any atom is 0.281 e. The van der Waals surface area contributed by atoms with Crippen molar-refractivity contribution < 1.29 is 0 Å².